The van der Waals surface area contributed by atoms with E-state index in [2.05, 4.69) is 0 Å². The largest absolute Gasteiger partial charge is 0.393 e. The van der Waals surface area contributed by atoms with Crippen LogP contribution >= 0.6 is 11.6 Å². The zero-order valence-corrected chi connectivity index (χ0v) is 12.0. The highest BCUT2D eigenvalue weighted by Crippen LogP contribution is 2.28. The van der Waals surface area contributed by atoms with Gasteiger partial charge < -0.3 is 5.11 Å². The number of rotatable bonds is 5. The fraction of sp³-hybridized carbons (Fsp3) is 0.625. The first-order chi connectivity index (χ1) is 9.16. The van der Waals surface area contributed by atoms with Crippen LogP contribution in [0.2, 0.25) is 5.02 Å². The Kier molecular flexibility index (Phi) is 5.65. The van der Waals surface area contributed by atoms with Gasteiger partial charge in [0.15, 0.2) is 0 Å². The SMILES string of the molecule is OC(CCC1CCCCC1)Cc1cccc(F)c1Cl. The van der Waals surface area contributed by atoms with Crippen molar-refractivity contribution in [2.45, 2.75) is 57.5 Å². The average molecular weight is 285 g/mol. The van der Waals surface area contributed by atoms with Crippen LogP contribution < -0.4 is 0 Å². The minimum atomic E-state index is -0.416. The Bertz CT molecular complexity index is 402. The lowest BCUT2D eigenvalue weighted by molar-refractivity contribution is 0.149. The molecule has 0 aromatic heterocycles. The third-order valence-corrected chi connectivity index (χ3v) is 4.54. The lowest BCUT2D eigenvalue weighted by atomic mass is 9.85. The number of hydrogen-bond donors (Lipinski definition) is 1. The van der Waals surface area contributed by atoms with Gasteiger partial charge in [0.1, 0.15) is 5.82 Å². The third-order valence-electron chi connectivity index (χ3n) is 4.12. The quantitative estimate of drug-likeness (QED) is 0.828. The smallest absolute Gasteiger partial charge is 0.142 e. The summed E-state index contributed by atoms with van der Waals surface area (Å²) in [5.74, 6) is 0.366. The van der Waals surface area contributed by atoms with Crippen LogP contribution in [0.5, 0.6) is 0 Å². The second-order valence-electron chi connectivity index (χ2n) is 5.65. The summed E-state index contributed by atoms with van der Waals surface area (Å²) in [7, 11) is 0. The molecule has 0 heterocycles. The van der Waals surface area contributed by atoms with E-state index < -0.39 is 11.9 Å². The molecule has 0 saturated heterocycles. The maximum absolute atomic E-state index is 13.3. The predicted octanol–water partition coefficient (Wildman–Crippen LogP) is 4.74. The second kappa shape index (κ2) is 7.25. The average Bonchev–Trinajstić information content (AvgIpc) is 2.43. The van der Waals surface area contributed by atoms with Gasteiger partial charge in [-0.05, 0) is 36.8 Å². The van der Waals surface area contributed by atoms with Crippen LogP contribution in [0.3, 0.4) is 0 Å². The van der Waals surface area contributed by atoms with Gasteiger partial charge in [0.2, 0.25) is 0 Å². The van der Waals surface area contributed by atoms with Gasteiger partial charge in [-0.3, -0.25) is 0 Å². The topological polar surface area (TPSA) is 20.2 Å². The van der Waals surface area contributed by atoms with Gasteiger partial charge >= 0.3 is 0 Å². The Morgan fingerprint density at radius 2 is 2.00 bits per heavy atom. The Hall–Kier alpha value is -0.600. The molecule has 1 atom stereocenters. The van der Waals surface area contributed by atoms with Crippen LogP contribution in [0, 0.1) is 11.7 Å². The highest BCUT2D eigenvalue weighted by molar-refractivity contribution is 6.31. The molecule has 1 saturated carbocycles. The summed E-state index contributed by atoms with van der Waals surface area (Å²) in [5.41, 5.74) is 0.706. The Labute approximate surface area is 119 Å². The van der Waals surface area contributed by atoms with Crippen LogP contribution in [-0.2, 0) is 6.42 Å². The monoisotopic (exact) mass is 284 g/mol. The summed E-state index contributed by atoms with van der Waals surface area (Å²) < 4.78 is 13.3. The lowest BCUT2D eigenvalue weighted by Gasteiger charge is -2.22. The maximum Gasteiger partial charge on any atom is 0.142 e. The minimum absolute atomic E-state index is 0.152. The van der Waals surface area contributed by atoms with Gasteiger partial charge in [0.05, 0.1) is 11.1 Å². The van der Waals surface area contributed by atoms with Crippen molar-refractivity contribution in [3.8, 4) is 0 Å². The normalized spacial score (nSPS) is 18.5. The van der Waals surface area contributed by atoms with Crippen LogP contribution in [0.25, 0.3) is 0 Å². The number of hydrogen-bond acceptors (Lipinski definition) is 1. The summed E-state index contributed by atoms with van der Waals surface area (Å²) in [6.45, 7) is 0. The summed E-state index contributed by atoms with van der Waals surface area (Å²) in [6, 6.07) is 4.78. The van der Waals surface area contributed by atoms with Gasteiger partial charge in [-0.2, -0.15) is 0 Å². The Balaban J connectivity index is 1.80. The highest BCUT2D eigenvalue weighted by atomic mass is 35.5. The molecule has 1 fully saturated rings. The zero-order chi connectivity index (χ0) is 13.7. The molecule has 1 aliphatic carbocycles. The highest BCUT2D eigenvalue weighted by Gasteiger charge is 2.16. The molecule has 0 bridgehead atoms. The predicted molar refractivity (Wildman–Crippen MR) is 76.9 cm³/mol. The molecule has 3 heteroatoms. The van der Waals surface area contributed by atoms with E-state index in [0.29, 0.717) is 12.0 Å². The van der Waals surface area contributed by atoms with E-state index in [1.54, 1.807) is 12.1 Å². The number of aliphatic hydroxyl groups is 1. The molecule has 106 valence electrons. The third kappa shape index (κ3) is 4.47. The summed E-state index contributed by atoms with van der Waals surface area (Å²) in [4.78, 5) is 0. The van der Waals surface area contributed by atoms with E-state index in [-0.39, 0.29) is 5.02 Å². The van der Waals surface area contributed by atoms with Crippen LogP contribution in [0.15, 0.2) is 18.2 Å². The Morgan fingerprint density at radius 3 is 2.74 bits per heavy atom. The first-order valence-electron chi connectivity index (χ1n) is 7.27. The van der Waals surface area contributed by atoms with Gasteiger partial charge in [0.25, 0.3) is 0 Å². The van der Waals surface area contributed by atoms with Crippen molar-refractivity contribution in [1.82, 2.24) is 0 Å². The summed E-state index contributed by atoms with van der Waals surface area (Å²) in [5, 5.41) is 10.2. The van der Waals surface area contributed by atoms with Crippen LogP contribution in [0.1, 0.15) is 50.5 Å². The zero-order valence-electron chi connectivity index (χ0n) is 11.2. The second-order valence-corrected chi connectivity index (χ2v) is 6.03. The maximum atomic E-state index is 13.3. The molecular weight excluding hydrogens is 263 g/mol. The molecule has 0 aliphatic heterocycles. The summed E-state index contributed by atoms with van der Waals surface area (Å²) >= 11 is 5.90. The van der Waals surface area contributed by atoms with Crippen molar-refractivity contribution in [2.75, 3.05) is 0 Å². The summed E-state index contributed by atoms with van der Waals surface area (Å²) in [6.07, 6.45) is 8.52. The van der Waals surface area contributed by atoms with E-state index in [1.807, 2.05) is 0 Å². The van der Waals surface area contributed by atoms with E-state index in [0.717, 1.165) is 18.8 Å². The Morgan fingerprint density at radius 1 is 1.26 bits per heavy atom. The molecule has 1 aromatic carbocycles. The molecule has 19 heavy (non-hydrogen) atoms. The van der Waals surface area contributed by atoms with Crippen molar-refractivity contribution in [1.29, 1.82) is 0 Å². The molecule has 1 nitrogen and oxygen atoms in total. The molecule has 1 aromatic rings. The molecule has 0 amide bonds. The van der Waals surface area contributed by atoms with E-state index in [9.17, 15) is 9.50 Å². The number of aliphatic hydroxyl groups excluding tert-OH is 1. The van der Waals surface area contributed by atoms with E-state index in [4.69, 9.17) is 11.6 Å². The standard InChI is InChI=1S/C16H22ClFO/c17-16-13(7-4-8-15(16)18)11-14(19)10-9-12-5-2-1-3-6-12/h4,7-8,12,14,19H,1-3,5-6,9-11H2. The van der Waals surface area contributed by atoms with Crippen LogP contribution in [-0.4, -0.2) is 11.2 Å². The lowest BCUT2D eigenvalue weighted by Crippen LogP contribution is -2.15. The fourth-order valence-electron chi connectivity index (χ4n) is 2.97. The molecule has 2 rings (SSSR count). The van der Waals surface area contributed by atoms with Gasteiger partial charge in [-0.15, -0.1) is 0 Å². The first kappa shape index (κ1) is 14.8. The molecule has 1 N–H and O–H groups in total. The van der Waals surface area contributed by atoms with Gasteiger partial charge in [-0.1, -0.05) is 55.8 Å². The molecule has 1 unspecified atom stereocenters. The first-order valence-corrected chi connectivity index (χ1v) is 7.65. The fourth-order valence-corrected chi connectivity index (χ4v) is 3.17. The molecular formula is C16H22ClFO. The van der Waals surface area contributed by atoms with Crippen molar-refractivity contribution in [3.05, 3.63) is 34.6 Å². The van der Waals surface area contributed by atoms with E-state index >= 15 is 0 Å². The van der Waals surface area contributed by atoms with E-state index in [1.165, 1.54) is 38.2 Å². The van der Waals surface area contributed by atoms with Crippen molar-refractivity contribution >= 4 is 11.6 Å². The molecule has 1 aliphatic rings. The number of benzene rings is 1. The minimum Gasteiger partial charge on any atom is -0.393 e. The number of halogens is 2. The van der Waals surface area contributed by atoms with Crippen molar-refractivity contribution in [3.63, 3.8) is 0 Å². The van der Waals surface area contributed by atoms with Crippen LogP contribution in [0.4, 0.5) is 4.39 Å². The van der Waals surface area contributed by atoms with Crippen molar-refractivity contribution in [2.24, 2.45) is 5.92 Å². The molecule has 0 spiro atoms. The van der Waals surface area contributed by atoms with Crippen molar-refractivity contribution < 1.29 is 9.50 Å². The van der Waals surface area contributed by atoms with Gasteiger partial charge in [-0.25, -0.2) is 4.39 Å². The van der Waals surface area contributed by atoms with Gasteiger partial charge in [0, 0.05) is 0 Å². The molecule has 0 radical (unpaired) electrons.